The maximum atomic E-state index is 12.6. The Morgan fingerprint density at radius 3 is 2.41 bits per heavy atom. The molecule has 0 amide bonds. The lowest BCUT2D eigenvalue weighted by Gasteiger charge is -2.56. The molecule has 3 unspecified atom stereocenters. The Hall–Kier alpha value is -0.660. The van der Waals surface area contributed by atoms with E-state index in [2.05, 4.69) is 13.8 Å². The van der Waals surface area contributed by atoms with Crippen molar-refractivity contribution < 1.29 is 9.59 Å². The van der Waals surface area contributed by atoms with Gasteiger partial charge < -0.3 is 0 Å². The number of rotatable bonds is 2. The number of carbonyl (C=O) groups excluding carboxylic acids is 2. The highest BCUT2D eigenvalue weighted by Gasteiger charge is 2.60. The lowest BCUT2D eigenvalue weighted by molar-refractivity contribution is -0.166. The fraction of sp³-hybridized carbons (Fsp3) is 0.867. The molecule has 0 aromatic heterocycles. The van der Waals surface area contributed by atoms with Crippen molar-refractivity contribution in [2.24, 2.45) is 28.6 Å². The number of hydrogen-bond acceptors (Lipinski definition) is 2. The highest BCUT2D eigenvalue weighted by molar-refractivity contribution is 5.98. The molecule has 0 heterocycles. The average molecular weight is 236 g/mol. The zero-order valence-electron chi connectivity index (χ0n) is 11.7. The Morgan fingerprint density at radius 1 is 1.29 bits per heavy atom. The highest BCUT2D eigenvalue weighted by Crippen LogP contribution is 2.59. The summed E-state index contributed by atoms with van der Waals surface area (Å²) in [5, 5.41) is 0. The van der Waals surface area contributed by atoms with Crippen LogP contribution in [0.2, 0.25) is 0 Å². The molecule has 0 aliphatic heterocycles. The molecule has 0 aromatic rings. The first-order valence-corrected chi connectivity index (χ1v) is 6.80. The largest absolute Gasteiger partial charge is 0.299 e. The van der Waals surface area contributed by atoms with Crippen LogP contribution in [0.1, 0.15) is 53.9 Å². The number of hydrogen-bond donors (Lipinski definition) is 0. The second-order valence-electron chi connectivity index (χ2n) is 7.05. The van der Waals surface area contributed by atoms with E-state index in [-0.39, 0.29) is 22.7 Å². The molecule has 0 saturated heterocycles. The summed E-state index contributed by atoms with van der Waals surface area (Å²) in [6.07, 6.45) is 2.94. The Balaban J connectivity index is 2.37. The molecule has 3 fully saturated rings. The van der Waals surface area contributed by atoms with Crippen molar-refractivity contribution in [2.45, 2.75) is 53.9 Å². The molecule has 3 aliphatic carbocycles. The van der Waals surface area contributed by atoms with Crippen LogP contribution in [0.15, 0.2) is 0 Å². The summed E-state index contributed by atoms with van der Waals surface area (Å²) in [5.41, 5.74) is -0.611. The standard InChI is InChI=1S/C15H24O2/c1-9(2)12(16)11-8-10-6-7-15(11,5)13(17)14(10,3)4/h9-11H,6-8H2,1-5H3. The normalized spacial score (nSPS) is 39.8. The number of carbonyl (C=O) groups is 2. The van der Waals surface area contributed by atoms with E-state index in [0.29, 0.717) is 17.5 Å². The number of ketones is 2. The van der Waals surface area contributed by atoms with Gasteiger partial charge in [-0.3, -0.25) is 9.59 Å². The minimum atomic E-state index is -0.389. The van der Waals surface area contributed by atoms with Gasteiger partial charge in [0.15, 0.2) is 0 Å². The molecule has 0 spiro atoms. The van der Waals surface area contributed by atoms with Gasteiger partial charge in [-0.15, -0.1) is 0 Å². The summed E-state index contributed by atoms with van der Waals surface area (Å²) < 4.78 is 0. The molecule has 2 nitrogen and oxygen atoms in total. The first kappa shape index (κ1) is 12.8. The average Bonchev–Trinajstić information content (AvgIpc) is 2.25. The van der Waals surface area contributed by atoms with Crippen LogP contribution in [0.5, 0.6) is 0 Å². The molecule has 96 valence electrons. The van der Waals surface area contributed by atoms with Crippen molar-refractivity contribution >= 4 is 11.6 Å². The molecule has 0 N–H and O–H groups in total. The molecule has 0 radical (unpaired) electrons. The fourth-order valence-electron chi connectivity index (χ4n) is 3.99. The van der Waals surface area contributed by atoms with E-state index in [1.807, 2.05) is 20.8 Å². The molecule has 2 heteroatoms. The Bertz CT molecular complexity index is 367. The SMILES string of the molecule is CC(C)C(=O)C1CC2CCC1(C)C(=O)C2(C)C. The fourth-order valence-corrected chi connectivity index (χ4v) is 3.99. The predicted molar refractivity (Wildman–Crippen MR) is 67.6 cm³/mol. The van der Waals surface area contributed by atoms with Crippen LogP contribution in [0.25, 0.3) is 0 Å². The van der Waals surface area contributed by atoms with Crippen LogP contribution in [0.3, 0.4) is 0 Å². The Labute approximate surface area is 104 Å². The van der Waals surface area contributed by atoms with Gasteiger partial charge in [-0.25, -0.2) is 0 Å². The molecule has 3 aliphatic rings. The van der Waals surface area contributed by atoms with Gasteiger partial charge in [-0.05, 0) is 25.2 Å². The monoisotopic (exact) mass is 236 g/mol. The minimum Gasteiger partial charge on any atom is -0.299 e. The molecule has 0 aromatic carbocycles. The third kappa shape index (κ3) is 1.60. The molecule has 3 rings (SSSR count). The van der Waals surface area contributed by atoms with Gasteiger partial charge in [0.05, 0.1) is 0 Å². The van der Waals surface area contributed by atoms with Crippen LogP contribution in [-0.4, -0.2) is 11.6 Å². The van der Waals surface area contributed by atoms with Crippen molar-refractivity contribution in [1.29, 1.82) is 0 Å². The van der Waals surface area contributed by atoms with E-state index >= 15 is 0 Å². The van der Waals surface area contributed by atoms with Gasteiger partial charge in [-0.2, -0.15) is 0 Å². The summed E-state index contributed by atoms with van der Waals surface area (Å²) in [7, 11) is 0. The van der Waals surface area contributed by atoms with Gasteiger partial charge >= 0.3 is 0 Å². The molecular formula is C15H24O2. The van der Waals surface area contributed by atoms with E-state index in [0.717, 1.165) is 19.3 Å². The Kier molecular flexibility index (Phi) is 2.76. The van der Waals surface area contributed by atoms with Crippen LogP contribution in [0, 0.1) is 28.6 Å². The maximum absolute atomic E-state index is 12.6. The summed E-state index contributed by atoms with van der Waals surface area (Å²) in [4.78, 5) is 24.9. The number of Topliss-reactive ketones (excluding diaryl/α,β-unsaturated/α-hetero) is 2. The molecule has 2 bridgehead atoms. The van der Waals surface area contributed by atoms with E-state index in [1.54, 1.807) is 0 Å². The molecule has 3 saturated carbocycles. The third-order valence-corrected chi connectivity index (χ3v) is 5.34. The third-order valence-electron chi connectivity index (χ3n) is 5.34. The van der Waals surface area contributed by atoms with Gasteiger partial charge in [0, 0.05) is 22.7 Å². The summed E-state index contributed by atoms with van der Waals surface area (Å²) in [6, 6.07) is 0. The zero-order valence-corrected chi connectivity index (χ0v) is 11.7. The minimum absolute atomic E-state index is 0.0261. The molecular weight excluding hydrogens is 212 g/mol. The van der Waals surface area contributed by atoms with Gasteiger partial charge in [0.1, 0.15) is 11.6 Å². The lowest BCUT2D eigenvalue weighted by atomic mass is 9.46. The number of fused-ring (bicyclic) bond motifs is 3. The van der Waals surface area contributed by atoms with Crippen molar-refractivity contribution in [3.05, 3.63) is 0 Å². The van der Waals surface area contributed by atoms with Crippen molar-refractivity contribution in [3.63, 3.8) is 0 Å². The van der Waals surface area contributed by atoms with Crippen LogP contribution >= 0.6 is 0 Å². The van der Waals surface area contributed by atoms with Crippen LogP contribution in [-0.2, 0) is 9.59 Å². The smallest absolute Gasteiger partial charge is 0.145 e. The first-order valence-electron chi connectivity index (χ1n) is 6.80. The molecule has 17 heavy (non-hydrogen) atoms. The predicted octanol–water partition coefficient (Wildman–Crippen LogP) is 3.24. The second kappa shape index (κ2) is 3.66. The van der Waals surface area contributed by atoms with Crippen LogP contribution < -0.4 is 0 Å². The molecule has 3 atom stereocenters. The van der Waals surface area contributed by atoms with E-state index in [9.17, 15) is 9.59 Å². The Morgan fingerprint density at radius 2 is 1.88 bits per heavy atom. The van der Waals surface area contributed by atoms with Gasteiger partial charge in [0.2, 0.25) is 0 Å². The van der Waals surface area contributed by atoms with Crippen LogP contribution in [0.4, 0.5) is 0 Å². The van der Waals surface area contributed by atoms with Crippen molar-refractivity contribution in [3.8, 4) is 0 Å². The van der Waals surface area contributed by atoms with Gasteiger partial charge in [0.25, 0.3) is 0 Å². The summed E-state index contributed by atoms with van der Waals surface area (Å²) >= 11 is 0. The summed E-state index contributed by atoms with van der Waals surface area (Å²) in [6.45, 7) is 10.0. The van der Waals surface area contributed by atoms with E-state index in [1.165, 1.54) is 0 Å². The maximum Gasteiger partial charge on any atom is 0.145 e. The second-order valence-corrected chi connectivity index (χ2v) is 7.05. The first-order chi connectivity index (χ1) is 7.71. The highest BCUT2D eigenvalue weighted by atomic mass is 16.1. The lowest BCUT2D eigenvalue weighted by Crippen LogP contribution is -2.59. The topological polar surface area (TPSA) is 34.1 Å². The van der Waals surface area contributed by atoms with Crippen molar-refractivity contribution in [2.75, 3.05) is 0 Å². The quantitative estimate of drug-likeness (QED) is 0.737. The summed E-state index contributed by atoms with van der Waals surface area (Å²) in [5.74, 6) is 1.05. The zero-order chi connectivity index (χ0) is 13.0. The van der Waals surface area contributed by atoms with Crippen molar-refractivity contribution in [1.82, 2.24) is 0 Å². The van der Waals surface area contributed by atoms with Gasteiger partial charge in [-0.1, -0.05) is 34.6 Å². The van der Waals surface area contributed by atoms with E-state index in [4.69, 9.17) is 0 Å². The van der Waals surface area contributed by atoms with E-state index < -0.39 is 0 Å².